The highest BCUT2D eigenvalue weighted by molar-refractivity contribution is 5.96. The molecule has 2 N–H and O–H groups in total. The quantitative estimate of drug-likeness (QED) is 0.772. The van der Waals surface area contributed by atoms with Crippen LogP contribution in [0.3, 0.4) is 0 Å². The lowest BCUT2D eigenvalue weighted by Gasteiger charge is -2.23. The molecule has 0 bridgehead atoms. The smallest absolute Gasteiger partial charge is 0.325 e. The van der Waals surface area contributed by atoms with Gasteiger partial charge in [-0.2, -0.15) is 0 Å². The van der Waals surface area contributed by atoms with Crippen LogP contribution in [0.1, 0.15) is 44.0 Å². The van der Waals surface area contributed by atoms with E-state index in [0.29, 0.717) is 5.56 Å². The van der Waals surface area contributed by atoms with Gasteiger partial charge in [0, 0.05) is 24.3 Å². The largest absolute Gasteiger partial charge is 0.480 e. The molecule has 116 valence electrons. The van der Waals surface area contributed by atoms with E-state index in [9.17, 15) is 9.59 Å². The molecule has 1 aromatic carbocycles. The number of carboxylic acid groups (broad SMARTS) is 1. The first kappa shape index (κ1) is 17.0. The van der Waals surface area contributed by atoms with Crippen LogP contribution < -0.4 is 10.2 Å². The molecule has 0 unspecified atom stereocenters. The average molecular weight is 292 g/mol. The van der Waals surface area contributed by atoms with Crippen molar-refractivity contribution in [3.63, 3.8) is 0 Å². The molecule has 21 heavy (non-hydrogen) atoms. The van der Waals surface area contributed by atoms with Crippen LogP contribution in [-0.4, -0.2) is 36.1 Å². The Bertz CT molecular complexity index is 471. The lowest BCUT2D eigenvalue weighted by Crippen LogP contribution is -2.38. The third kappa shape index (κ3) is 5.10. The zero-order valence-electron chi connectivity index (χ0n) is 12.9. The summed E-state index contributed by atoms with van der Waals surface area (Å²) in [6.45, 7) is 7.62. The van der Waals surface area contributed by atoms with Gasteiger partial charge in [0.1, 0.15) is 6.04 Å². The molecule has 0 radical (unpaired) electrons. The molecule has 5 nitrogen and oxygen atoms in total. The Hall–Kier alpha value is -2.04. The molecule has 0 fully saturated rings. The summed E-state index contributed by atoms with van der Waals surface area (Å²) in [6, 6.07) is 6.37. The average Bonchev–Trinajstić information content (AvgIpc) is 2.48. The predicted molar refractivity (Wildman–Crippen MR) is 83.8 cm³/mol. The number of carbonyl (C=O) groups excluding carboxylic acids is 1. The van der Waals surface area contributed by atoms with Crippen LogP contribution in [0.4, 0.5) is 5.69 Å². The van der Waals surface area contributed by atoms with Crippen molar-refractivity contribution >= 4 is 17.6 Å². The van der Waals surface area contributed by atoms with Crippen molar-refractivity contribution in [3.8, 4) is 0 Å². The summed E-state index contributed by atoms with van der Waals surface area (Å²) >= 11 is 0. The summed E-state index contributed by atoms with van der Waals surface area (Å²) in [5.41, 5.74) is 1.55. The Morgan fingerprint density at radius 2 is 1.86 bits per heavy atom. The van der Waals surface area contributed by atoms with Gasteiger partial charge in [0.15, 0.2) is 0 Å². The Kier molecular flexibility index (Phi) is 6.72. The van der Waals surface area contributed by atoms with E-state index in [-0.39, 0.29) is 5.91 Å². The SMILES string of the molecule is CCCCN(CC)c1ccc(C(=O)N[C@@H](C)C(=O)O)cc1. The van der Waals surface area contributed by atoms with Crippen molar-refractivity contribution in [2.24, 2.45) is 0 Å². The van der Waals surface area contributed by atoms with E-state index in [1.807, 2.05) is 12.1 Å². The van der Waals surface area contributed by atoms with Gasteiger partial charge in [-0.25, -0.2) is 0 Å². The summed E-state index contributed by atoms with van der Waals surface area (Å²) < 4.78 is 0. The van der Waals surface area contributed by atoms with Crippen molar-refractivity contribution < 1.29 is 14.7 Å². The number of carboxylic acids is 1. The van der Waals surface area contributed by atoms with Crippen molar-refractivity contribution in [3.05, 3.63) is 29.8 Å². The van der Waals surface area contributed by atoms with Gasteiger partial charge in [0.25, 0.3) is 5.91 Å². The van der Waals surface area contributed by atoms with Crippen LogP contribution >= 0.6 is 0 Å². The van der Waals surface area contributed by atoms with E-state index in [1.165, 1.54) is 6.92 Å². The lowest BCUT2D eigenvalue weighted by molar-refractivity contribution is -0.138. The number of rotatable bonds is 8. The monoisotopic (exact) mass is 292 g/mol. The second-order valence-electron chi connectivity index (χ2n) is 5.01. The Balaban J connectivity index is 2.72. The third-order valence-electron chi connectivity index (χ3n) is 3.38. The van der Waals surface area contributed by atoms with Gasteiger partial charge in [-0.05, 0) is 44.5 Å². The fourth-order valence-corrected chi connectivity index (χ4v) is 1.98. The summed E-state index contributed by atoms with van der Waals surface area (Å²) in [4.78, 5) is 24.9. The van der Waals surface area contributed by atoms with Crippen LogP contribution in [0.15, 0.2) is 24.3 Å². The van der Waals surface area contributed by atoms with Crippen molar-refractivity contribution in [1.29, 1.82) is 0 Å². The molecule has 5 heteroatoms. The van der Waals surface area contributed by atoms with Crippen LogP contribution in [0.25, 0.3) is 0 Å². The maximum absolute atomic E-state index is 11.9. The molecule has 1 atom stereocenters. The Labute approximate surface area is 126 Å². The van der Waals surface area contributed by atoms with Gasteiger partial charge in [-0.3, -0.25) is 9.59 Å². The topological polar surface area (TPSA) is 69.6 Å². The molecule has 0 saturated heterocycles. The van der Waals surface area contributed by atoms with Gasteiger partial charge in [0.05, 0.1) is 0 Å². The van der Waals surface area contributed by atoms with Crippen molar-refractivity contribution in [2.75, 3.05) is 18.0 Å². The highest BCUT2D eigenvalue weighted by atomic mass is 16.4. The number of benzene rings is 1. The minimum atomic E-state index is -1.04. The van der Waals surface area contributed by atoms with Gasteiger partial charge in [-0.15, -0.1) is 0 Å². The van der Waals surface area contributed by atoms with E-state index in [2.05, 4.69) is 24.1 Å². The molecule has 1 amide bonds. The van der Waals surface area contributed by atoms with Crippen LogP contribution in [0.2, 0.25) is 0 Å². The van der Waals surface area contributed by atoms with E-state index >= 15 is 0 Å². The first-order valence-corrected chi connectivity index (χ1v) is 7.38. The van der Waals surface area contributed by atoms with Crippen molar-refractivity contribution in [1.82, 2.24) is 5.32 Å². The Morgan fingerprint density at radius 1 is 1.24 bits per heavy atom. The molecule has 1 aromatic rings. The van der Waals surface area contributed by atoms with Crippen LogP contribution in [-0.2, 0) is 4.79 Å². The minimum Gasteiger partial charge on any atom is -0.480 e. The zero-order chi connectivity index (χ0) is 15.8. The summed E-state index contributed by atoms with van der Waals surface area (Å²) in [7, 11) is 0. The molecule has 0 saturated carbocycles. The molecular weight excluding hydrogens is 268 g/mol. The number of amides is 1. The molecule has 0 heterocycles. The summed E-state index contributed by atoms with van der Waals surface area (Å²) in [5.74, 6) is -1.41. The van der Waals surface area contributed by atoms with Gasteiger partial charge < -0.3 is 15.3 Å². The molecule has 0 aliphatic carbocycles. The fraction of sp³-hybridized carbons (Fsp3) is 0.500. The second-order valence-corrected chi connectivity index (χ2v) is 5.01. The standard InChI is InChI=1S/C16H24N2O3/c1-4-6-11-18(5-2)14-9-7-13(8-10-14)15(19)17-12(3)16(20)21/h7-10,12H,4-6,11H2,1-3H3,(H,17,19)(H,20,21)/t12-/m0/s1. The van der Waals surface area contributed by atoms with Gasteiger partial charge in [-0.1, -0.05) is 13.3 Å². The van der Waals surface area contributed by atoms with E-state index in [0.717, 1.165) is 31.6 Å². The molecule has 0 aliphatic heterocycles. The van der Waals surface area contributed by atoms with Crippen LogP contribution in [0.5, 0.6) is 0 Å². The van der Waals surface area contributed by atoms with E-state index in [4.69, 9.17) is 5.11 Å². The first-order valence-electron chi connectivity index (χ1n) is 7.38. The first-order chi connectivity index (χ1) is 9.99. The number of unbranched alkanes of at least 4 members (excludes halogenated alkanes) is 1. The van der Waals surface area contributed by atoms with E-state index < -0.39 is 12.0 Å². The number of aliphatic carboxylic acids is 1. The number of carbonyl (C=O) groups is 2. The summed E-state index contributed by atoms with van der Waals surface area (Å²) in [5, 5.41) is 11.2. The third-order valence-corrected chi connectivity index (χ3v) is 3.38. The predicted octanol–water partition coefficient (Wildman–Crippen LogP) is 2.52. The fourth-order valence-electron chi connectivity index (χ4n) is 1.98. The Morgan fingerprint density at radius 3 is 2.33 bits per heavy atom. The maximum atomic E-state index is 11.9. The summed E-state index contributed by atoms with van der Waals surface area (Å²) in [6.07, 6.45) is 2.27. The molecule has 0 spiro atoms. The second kappa shape index (κ2) is 8.29. The highest BCUT2D eigenvalue weighted by Crippen LogP contribution is 2.16. The number of hydrogen-bond donors (Lipinski definition) is 2. The molecule has 0 aliphatic rings. The number of anilines is 1. The minimum absolute atomic E-state index is 0.368. The number of hydrogen-bond acceptors (Lipinski definition) is 3. The number of nitrogens with zero attached hydrogens (tertiary/aromatic N) is 1. The van der Waals surface area contributed by atoms with Crippen LogP contribution in [0, 0.1) is 0 Å². The molecular formula is C16H24N2O3. The van der Waals surface area contributed by atoms with Gasteiger partial charge in [0.2, 0.25) is 0 Å². The lowest BCUT2D eigenvalue weighted by atomic mass is 10.1. The molecule has 0 aromatic heterocycles. The normalized spacial score (nSPS) is 11.8. The zero-order valence-corrected chi connectivity index (χ0v) is 12.9. The maximum Gasteiger partial charge on any atom is 0.325 e. The van der Waals surface area contributed by atoms with Crippen molar-refractivity contribution in [2.45, 2.75) is 39.7 Å². The highest BCUT2D eigenvalue weighted by Gasteiger charge is 2.15. The van der Waals surface area contributed by atoms with Gasteiger partial charge >= 0.3 is 5.97 Å². The van der Waals surface area contributed by atoms with E-state index in [1.54, 1.807) is 12.1 Å². The number of nitrogens with one attached hydrogen (secondary N) is 1. The molecule has 1 rings (SSSR count).